The first kappa shape index (κ1) is 19.9. The lowest BCUT2D eigenvalue weighted by atomic mass is 9.96. The fourth-order valence-electron chi connectivity index (χ4n) is 3.04. The molecule has 0 saturated carbocycles. The maximum absolute atomic E-state index is 13.0. The molecule has 0 spiro atoms. The second-order valence-corrected chi connectivity index (χ2v) is 7.48. The number of amides is 3. The van der Waals surface area contributed by atoms with E-state index in [1.165, 1.54) is 28.4 Å². The van der Waals surface area contributed by atoms with Crippen LogP contribution in [0.5, 0.6) is 0 Å². The van der Waals surface area contributed by atoms with Crippen LogP contribution in [0.3, 0.4) is 0 Å². The zero-order chi connectivity index (χ0) is 20.1. The SMILES string of the molecule is NC(=O)C1CCN(C(=O)C(=O)NCCc2csc(-c3ccc(F)cc3)n2)CC1. The molecule has 1 aromatic carbocycles. The molecule has 0 atom stereocenters. The highest BCUT2D eigenvalue weighted by Crippen LogP contribution is 2.24. The zero-order valence-electron chi connectivity index (χ0n) is 15.2. The van der Waals surface area contributed by atoms with Crippen molar-refractivity contribution in [2.45, 2.75) is 19.3 Å². The van der Waals surface area contributed by atoms with E-state index in [2.05, 4.69) is 10.3 Å². The summed E-state index contributed by atoms with van der Waals surface area (Å²) < 4.78 is 13.0. The number of likely N-dealkylation sites (tertiary alicyclic amines) is 1. The molecule has 0 radical (unpaired) electrons. The van der Waals surface area contributed by atoms with Gasteiger partial charge in [-0.15, -0.1) is 11.3 Å². The average Bonchev–Trinajstić information content (AvgIpc) is 3.17. The molecule has 3 rings (SSSR count). The summed E-state index contributed by atoms with van der Waals surface area (Å²) >= 11 is 1.44. The number of benzene rings is 1. The van der Waals surface area contributed by atoms with Gasteiger partial charge in [-0.05, 0) is 37.1 Å². The first-order chi connectivity index (χ1) is 13.4. The lowest BCUT2D eigenvalue weighted by Gasteiger charge is -2.29. The molecule has 1 aliphatic rings. The number of nitrogens with two attached hydrogens (primary N) is 1. The molecular weight excluding hydrogens is 383 g/mol. The van der Waals surface area contributed by atoms with E-state index < -0.39 is 11.8 Å². The minimum absolute atomic E-state index is 0.230. The van der Waals surface area contributed by atoms with Crippen LogP contribution < -0.4 is 11.1 Å². The van der Waals surface area contributed by atoms with E-state index >= 15 is 0 Å². The lowest BCUT2D eigenvalue weighted by Crippen LogP contribution is -2.48. The highest BCUT2D eigenvalue weighted by molar-refractivity contribution is 7.13. The van der Waals surface area contributed by atoms with Crippen LogP contribution in [0.15, 0.2) is 29.6 Å². The molecule has 0 aliphatic carbocycles. The van der Waals surface area contributed by atoms with Gasteiger partial charge >= 0.3 is 11.8 Å². The Hall–Kier alpha value is -2.81. The molecule has 28 heavy (non-hydrogen) atoms. The molecule has 0 unspecified atom stereocenters. The van der Waals surface area contributed by atoms with Crippen LogP contribution in [0.1, 0.15) is 18.5 Å². The third-order valence-corrected chi connectivity index (χ3v) is 5.63. The molecule has 2 aromatic rings. The van der Waals surface area contributed by atoms with Crippen molar-refractivity contribution < 1.29 is 18.8 Å². The Labute approximate surface area is 165 Å². The second kappa shape index (κ2) is 8.92. The highest BCUT2D eigenvalue weighted by atomic mass is 32.1. The molecule has 3 amide bonds. The molecule has 148 valence electrons. The van der Waals surface area contributed by atoms with Gasteiger partial charge in [0.2, 0.25) is 5.91 Å². The first-order valence-corrected chi connectivity index (χ1v) is 9.89. The Morgan fingerprint density at radius 3 is 2.54 bits per heavy atom. The maximum Gasteiger partial charge on any atom is 0.311 e. The van der Waals surface area contributed by atoms with Gasteiger partial charge in [0.05, 0.1) is 5.69 Å². The minimum Gasteiger partial charge on any atom is -0.369 e. The standard InChI is InChI=1S/C19H21FN4O3S/c20-14-3-1-13(2-4-14)18-23-15(11-28-18)5-8-22-17(26)19(27)24-9-6-12(7-10-24)16(21)25/h1-4,11-12H,5-10H2,(H2,21,25)(H,22,26). The van der Waals surface area contributed by atoms with Gasteiger partial charge in [-0.25, -0.2) is 9.37 Å². The van der Waals surface area contributed by atoms with Crippen LogP contribution in [0.2, 0.25) is 0 Å². The fraction of sp³-hybridized carbons (Fsp3) is 0.368. The summed E-state index contributed by atoms with van der Waals surface area (Å²) in [4.78, 5) is 41.3. The van der Waals surface area contributed by atoms with E-state index in [4.69, 9.17) is 5.73 Å². The van der Waals surface area contributed by atoms with Crippen molar-refractivity contribution in [1.82, 2.24) is 15.2 Å². The van der Waals surface area contributed by atoms with Crippen LogP contribution in [0.25, 0.3) is 10.6 Å². The predicted molar refractivity (Wildman–Crippen MR) is 103 cm³/mol. The van der Waals surface area contributed by atoms with E-state index in [0.717, 1.165) is 16.3 Å². The predicted octanol–water partition coefficient (Wildman–Crippen LogP) is 1.33. The van der Waals surface area contributed by atoms with E-state index in [-0.39, 0.29) is 24.2 Å². The van der Waals surface area contributed by atoms with E-state index in [1.54, 1.807) is 12.1 Å². The number of rotatable bonds is 5. The third kappa shape index (κ3) is 4.92. The summed E-state index contributed by atoms with van der Waals surface area (Å²) in [5, 5.41) is 5.26. The molecule has 7 nitrogen and oxygen atoms in total. The Bertz CT molecular complexity index is 860. The van der Waals surface area contributed by atoms with E-state index in [0.29, 0.717) is 32.4 Å². The number of hydrogen-bond donors (Lipinski definition) is 2. The second-order valence-electron chi connectivity index (χ2n) is 6.63. The van der Waals surface area contributed by atoms with E-state index in [1.807, 2.05) is 5.38 Å². The Morgan fingerprint density at radius 1 is 1.21 bits per heavy atom. The number of nitrogens with zero attached hydrogens (tertiary/aromatic N) is 2. The van der Waals surface area contributed by atoms with Crippen molar-refractivity contribution in [3.8, 4) is 10.6 Å². The van der Waals surface area contributed by atoms with Crippen LogP contribution in [0.4, 0.5) is 4.39 Å². The third-order valence-electron chi connectivity index (χ3n) is 4.69. The summed E-state index contributed by atoms with van der Waals surface area (Å²) in [6.07, 6.45) is 1.46. The molecule has 1 aromatic heterocycles. The normalized spacial score (nSPS) is 14.7. The molecule has 1 fully saturated rings. The number of hydrogen-bond acceptors (Lipinski definition) is 5. The van der Waals surface area contributed by atoms with Crippen LogP contribution in [0, 0.1) is 11.7 Å². The smallest absolute Gasteiger partial charge is 0.311 e. The van der Waals surface area contributed by atoms with Crippen LogP contribution >= 0.6 is 11.3 Å². The number of carbonyl (C=O) groups excluding carboxylic acids is 3. The molecule has 9 heteroatoms. The van der Waals surface area contributed by atoms with Crippen molar-refractivity contribution in [3.63, 3.8) is 0 Å². The number of halogens is 1. The quantitative estimate of drug-likeness (QED) is 0.734. The van der Waals surface area contributed by atoms with Gasteiger partial charge in [0, 0.05) is 42.9 Å². The number of carbonyl (C=O) groups is 3. The van der Waals surface area contributed by atoms with Gasteiger partial charge in [0.15, 0.2) is 0 Å². The van der Waals surface area contributed by atoms with Gasteiger partial charge < -0.3 is 16.0 Å². The average molecular weight is 404 g/mol. The summed E-state index contributed by atoms with van der Waals surface area (Å²) in [6.45, 7) is 0.995. The fourth-order valence-corrected chi connectivity index (χ4v) is 3.90. The van der Waals surface area contributed by atoms with Gasteiger partial charge in [-0.2, -0.15) is 0 Å². The molecule has 3 N–H and O–H groups in total. The van der Waals surface area contributed by atoms with Gasteiger partial charge in [-0.3, -0.25) is 14.4 Å². The Kier molecular flexibility index (Phi) is 6.35. The van der Waals surface area contributed by atoms with Gasteiger partial charge in [0.1, 0.15) is 10.8 Å². The summed E-state index contributed by atoms with van der Waals surface area (Å²) in [5.41, 5.74) is 6.89. The van der Waals surface area contributed by atoms with Crippen molar-refractivity contribution in [1.29, 1.82) is 0 Å². The summed E-state index contributed by atoms with van der Waals surface area (Å²) in [6, 6.07) is 6.10. The van der Waals surface area contributed by atoms with Gasteiger partial charge in [-0.1, -0.05) is 0 Å². The van der Waals surface area contributed by atoms with Crippen molar-refractivity contribution in [3.05, 3.63) is 41.2 Å². The number of aromatic nitrogens is 1. The van der Waals surface area contributed by atoms with Gasteiger partial charge in [0.25, 0.3) is 0 Å². The highest BCUT2D eigenvalue weighted by Gasteiger charge is 2.28. The Balaban J connectivity index is 1.45. The largest absolute Gasteiger partial charge is 0.369 e. The Morgan fingerprint density at radius 2 is 1.89 bits per heavy atom. The summed E-state index contributed by atoms with van der Waals surface area (Å²) in [7, 11) is 0. The molecule has 0 bridgehead atoms. The maximum atomic E-state index is 13.0. The first-order valence-electron chi connectivity index (χ1n) is 9.01. The minimum atomic E-state index is -0.661. The number of primary amides is 1. The number of thiazole rings is 1. The monoisotopic (exact) mass is 404 g/mol. The van der Waals surface area contributed by atoms with E-state index in [9.17, 15) is 18.8 Å². The van der Waals surface area contributed by atoms with Crippen molar-refractivity contribution >= 4 is 29.1 Å². The summed E-state index contributed by atoms with van der Waals surface area (Å²) in [5.74, 6) is -2.14. The van der Waals surface area contributed by atoms with Crippen LogP contribution in [-0.4, -0.2) is 47.2 Å². The lowest BCUT2D eigenvalue weighted by molar-refractivity contribution is -0.147. The molecule has 1 saturated heterocycles. The molecular formula is C19H21FN4O3S. The van der Waals surface area contributed by atoms with Crippen molar-refractivity contribution in [2.24, 2.45) is 11.7 Å². The zero-order valence-corrected chi connectivity index (χ0v) is 16.0. The van der Waals surface area contributed by atoms with Crippen molar-refractivity contribution in [2.75, 3.05) is 19.6 Å². The van der Waals surface area contributed by atoms with Crippen LogP contribution in [-0.2, 0) is 20.8 Å². The topological polar surface area (TPSA) is 105 Å². The number of nitrogens with one attached hydrogen (secondary N) is 1. The number of piperidine rings is 1. The molecule has 1 aliphatic heterocycles. The molecule has 2 heterocycles.